The average molecular weight is 453 g/mol. The predicted molar refractivity (Wildman–Crippen MR) is 132 cm³/mol. The summed E-state index contributed by atoms with van der Waals surface area (Å²) in [6, 6.07) is 14.9. The lowest BCUT2D eigenvalue weighted by atomic mass is 10.1. The molecule has 0 saturated carbocycles. The van der Waals surface area contributed by atoms with Gasteiger partial charge in [0.1, 0.15) is 17.1 Å². The summed E-state index contributed by atoms with van der Waals surface area (Å²) in [5, 5.41) is 8.55. The van der Waals surface area contributed by atoms with Crippen molar-refractivity contribution in [3.8, 4) is 11.6 Å². The molecule has 5 aromatic rings. The molecule has 8 nitrogen and oxygen atoms in total. The van der Waals surface area contributed by atoms with Gasteiger partial charge in [0.15, 0.2) is 5.82 Å². The molecule has 0 aliphatic heterocycles. The first kappa shape index (κ1) is 21.5. The number of carbonyl (C=O) groups is 1. The molecule has 3 heterocycles. The second-order valence-corrected chi connectivity index (χ2v) is 8.29. The number of methoxy groups -OCH3 is 1. The average Bonchev–Trinajstić information content (AvgIpc) is 3.19. The number of para-hydroxylation sites is 1. The van der Waals surface area contributed by atoms with Crippen LogP contribution in [0.3, 0.4) is 0 Å². The van der Waals surface area contributed by atoms with E-state index in [2.05, 4.69) is 20.4 Å². The summed E-state index contributed by atoms with van der Waals surface area (Å²) in [7, 11) is 1.62. The van der Waals surface area contributed by atoms with E-state index in [0.29, 0.717) is 28.5 Å². The van der Waals surface area contributed by atoms with Crippen molar-refractivity contribution in [2.45, 2.75) is 27.7 Å². The summed E-state index contributed by atoms with van der Waals surface area (Å²) in [5.41, 5.74) is 6.16. The number of aromatic nitrogens is 5. The Labute approximate surface area is 196 Å². The lowest BCUT2D eigenvalue weighted by Crippen LogP contribution is -2.16. The van der Waals surface area contributed by atoms with Crippen LogP contribution in [-0.2, 0) is 0 Å². The van der Waals surface area contributed by atoms with Gasteiger partial charge in [-0.2, -0.15) is 9.78 Å². The van der Waals surface area contributed by atoms with Gasteiger partial charge in [-0.3, -0.25) is 4.79 Å². The van der Waals surface area contributed by atoms with E-state index in [-0.39, 0.29) is 5.91 Å². The SMILES string of the molecule is COc1cccc2c(C)cc(-n3nc(C)cc3NC(=O)c3ccc4nc(C)c(C)nc4c3)nc12. The molecular formula is C26H24N6O2. The Morgan fingerprint density at radius 1 is 0.912 bits per heavy atom. The number of nitrogens with one attached hydrogen (secondary N) is 1. The molecule has 0 aliphatic carbocycles. The van der Waals surface area contributed by atoms with E-state index in [0.717, 1.165) is 39.1 Å². The standard InChI is InChI=1S/C26H24N6O2/c1-14-11-23(29-25-19(14)7-6-8-22(25)34-5)32-24(12-15(2)31-32)30-26(33)18-9-10-20-21(13-18)28-17(4)16(3)27-20/h6-13H,1-5H3,(H,30,33). The number of pyridine rings is 1. The van der Waals surface area contributed by atoms with Crippen molar-refractivity contribution in [1.82, 2.24) is 24.7 Å². The van der Waals surface area contributed by atoms with Crippen LogP contribution in [0.4, 0.5) is 5.82 Å². The van der Waals surface area contributed by atoms with Crippen molar-refractivity contribution in [2.75, 3.05) is 12.4 Å². The minimum Gasteiger partial charge on any atom is -0.494 e. The molecule has 0 aliphatic rings. The quantitative estimate of drug-likeness (QED) is 0.419. The zero-order chi connectivity index (χ0) is 24.0. The van der Waals surface area contributed by atoms with Crippen LogP contribution in [0, 0.1) is 27.7 Å². The van der Waals surface area contributed by atoms with Gasteiger partial charge in [0.2, 0.25) is 0 Å². The lowest BCUT2D eigenvalue weighted by Gasteiger charge is -2.12. The number of nitrogens with zero attached hydrogens (tertiary/aromatic N) is 5. The number of hydrogen-bond donors (Lipinski definition) is 1. The molecule has 0 fully saturated rings. The van der Waals surface area contributed by atoms with Gasteiger partial charge in [0.25, 0.3) is 5.91 Å². The Hall–Kier alpha value is -4.33. The number of rotatable bonds is 4. The van der Waals surface area contributed by atoms with Crippen LogP contribution >= 0.6 is 0 Å². The second-order valence-electron chi connectivity index (χ2n) is 8.29. The molecular weight excluding hydrogens is 428 g/mol. The van der Waals surface area contributed by atoms with Crippen molar-refractivity contribution in [2.24, 2.45) is 0 Å². The van der Waals surface area contributed by atoms with E-state index >= 15 is 0 Å². The minimum atomic E-state index is -0.266. The number of carbonyl (C=O) groups excluding carboxylic acids is 1. The van der Waals surface area contributed by atoms with E-state index in [1.165, 1.54) is 0 Å². The van der Waals surface area contributed by atoms with E-state index in [4.69, 9.17) is 9.72 Å². The number of anilines is 1. The van der Waals surface area contributed by atoms with Gasteiger partial charge in [-0.25, -0.2) is 15.0 Å². The summed E-state index contributed by atoms with van der Waals surface area (Å²) in [6.07, 6.45) is 0. The largest absolute Gasteiger partial charge is 0.494 e. The van der Waals surface area contributed by atoms with Gasteiger partial charge in [0.05, 0.1) is 35.2 Å². The molecule has 0 bridgehead atoms. The molecule has 0 spiro atoms. The minimum absolute atomic E-state index is 0.266. The summed E-state index contributed by atoms with van der Waals surface area (Å²) in [5.74, 6) is 1.53. The Kier molecular flexibility index (Phi) is 5.20. The Morgan fingerprint density at radius 2 is 1.68 bits per heavy atom. The monoisotopic (exact) mass is 452 g/mol. The van der Waals surface area contributed by atoms with Crippen LogP contribution in [0.2, 0.25) is 0 Å². The molecule has 3 aromatic heterocycles. The van der Waals surface area contributed by atoms with E-state index < -0.39 is 0 Å². The lowest BCUT2D eigenvalue weighted by molar-refractivity contribution is 0.102. The first-order valence-electron chi connectivity index (χ1n) is 10.9. The number of hydrogen-bond acceptors (Lipinski definition) is 6. The third kappa shape index (κ3) is 3.73. The smallest absolute Gasteiger partial charge is 0.256 e. The molecule has 2 aromatic carbocycles. The van der Waals surface area contributed by atoms with Crippen LogP contribution in [0.1, 0.15) is 33.0 Å². The van der Waals surface area contributed by atoms with Crippen molar-refractivity contribution in [3.05, 3.63) is 76.7 Å². The third-order valence-electron chi connectivity index (χ3n) is 5.84. The fourth-order valence-electron chi connectivity index (χ4n) is 3.97. The van der Waals surface area contributed by atoms with Crippen molar-refractivity contribution >= 4 is 33.7 Å². The normalized spacial score (nSPS) is 11.2. The molecule has 5 rings (SSSR count). The number of aryl methyl sites for hydroxylation is 4. The highest BCUT2D eigenvalue weighted by atomic mass is 16.5. The first-order valence-corrected chi connectivity index (χ1v) is 10.9. The molecule has 1 amide bonds. The highest BCUT2D eigenvalue weighted by molar-refractivity contribution is 6.05. The predicted octanol–water partition coefficient (Wildman–Crippen LogP) is 4.86. The van der Waals surface area contributed by atoms with Gasteiger partial charge in [-0.05, 0) is 63.6 Å². The molecule has 34 heavy (non-hydrogen) atoms. The molecule has 1 N–H and O–H groups in total. The summed E-state index contributed by atoms with van der Waals surface area (Å²) >= 11 is 0. The number of amides is 1. The summed E-state index contributed by atoms with van der Waals surface area (Å²) in [6.45, 7) is 7.71. The second kappa shape index (κ2) is 8.22. The molecule has 8 heteroatoms. The third-order valence-corrected chi connectivity index (χ3v) is 5.84. The van der Waals surface area contributed by atoms with E-state index in [1.807, 2.05) is 64.1 Å². The van der Waals surface area contributed by atoms with Gasteiger partial charge >= 0.3 is 0 Å². The van der Waals surface area contributed by atoms with Gasteiger partial charge in [-0.15, -0.1) is 0 Å². The molecule has 0 unspecified atom stereocenters. The maximum Gasteiger partial charge on any atom is 0.256 e. The molecule has 0 saturated heterocycles. The van der Waals surface area contributed by atoms with Crippen molar-refractivity contribution < 1.29 is 9.53 Å². The Morgan fingerprint density at radius 3 is 2.44 bits per heavy atom. The fourth-order valence-corrected chi connectivity index (χ4v) is 3.97. The van der Waals surface area contributed by atoms with E-state index in [9.17, 15) is 4.79 Å². The van der Waals surface area contributed by atoms with Crippen molar-refractivity contribution in [3.63, 3.8) is 0 Å². The topological polar surface area (TPSA) is 94.8 Å². The maximum absolute atomic E-state index is 13.1. The first-order chi connectivity index (χ1) is 16.3. The highest BCUT2D eigenvalue weighted by Crippen LogP contribution is 2.28. The van der Waals surface area contributed by atoms with Crippen molar-refractivity contribution in [1.29, 1.82) is 0 Å². The number of ether oxygens (including phenoxy) is 1. The zero-order valence-corrected chi connectivity index (χ0v) is 19.7. The molecule has 170 valence electrons. The molecule has 0 radical (unpaired) electrons. The van der Waals surface area contributed by atoms with Crippen LogP contribution in [0.25, 0.3) is 27.8 Å². The Bertz CT molecular complexity index is 1590. The summed E-state index contributed by atoms with van der Waals surface area (Å²) < 4.78 is 7.15. The Balaban J connectivity index is 1.53. The van der Waals surface area contributed by atoms with E-state index in [1.54, 1.807) is 23.9 Å². The summed E-state index contributed by atoms with van der Waals surface area (Å²) in [4.78, 5) is 27.0. The number of fused-ring (bicyclic) bond motifs is 2. The number of benzene rings is 2. The van der Waals surface area contributed by atoms with Gasteiger partial charge in [-0.1, -0.05) is 12.1 Å². The van der Waals surface area contributed by atoms with Gasteiger partial charge < -0.3 is 10.1 Å². The molecule has 0 atom stereocenters. The van der Waals surface area contributed by atoms with Gasteiger partial charge in [0, 0.05) is 17.0 Å². The fraction of sp³-hybridized carbons (Fsp3) is 0.192. The highest BCUT2D eigenvalue weighted by Gasteiger charge is 2.16. The zero-order valence-electron chi connectivity index (χ0n) is 19.7. The van der Waals surface area contributed by atoms with Crippen LogP contribution < -0.4 is 10.1 Å². The van der Waals surface area contributed by atoms with Crippen LogP contribution in [0.15, 0.2) is 48.5 Å². The van der Waals surface area contributed by atoms with Crippen LogP contribution in [-0.4, -0.2) is 37.7 Å². The maximum atomic E-state index is 13.1. The van der Waals surface area contributed by atoms with Crippen LogP contribution in [0.5, 0.6) is 5.75 Å².